The molecule has 0 saturated carbocycles. The monoisotopic (exact) mass is 228 g/mol. The summed E-state index contributed by atoms with van der Waals surface area (Å²) in [6.07, 6.45) is 0. The number of esters is 1. The van der Waals surface area contributed by atoms with Gasteiger partial charge in [0.05, 0.1) is 10.6 Å². The highest BCUT2D eigenvalue weighted by molar-refractivity contribution is 7.91. The minimum absolute atomic E-state index is 0.105. The van der Waals surface area contributed by atoms with E-state index in [1.54, 1.807) is 18.2 Å². The first-order valence-corrected chi connectivity index (χ1v) is 6.09. The van der Waals surface area contributed by atoms with Crippen LogP contribution in [-0.2, 0) is 19.4 Å². The predicted molar refractivity (Wildman–Crippen MR) is 55.1 cm³/mol. The van der Waals surface area contributed by atoms with Crippen LogP contribution in [0.3, 0.4) is 0 Å². The topological polar surface area (TPSA) is 60.4 Å². The second-order valence-corrected chi connectivity index (χ2v) is 5.08. The molecule has 0 bridgehead atoms. The molecule has 0 saturated heterocycles. The summed E-state index contributed by atoms with van der Waals surface area (Å²) in [5, 5.41) is 0. The van der Waals surface area contributed by atoms with Crippen LogP contribution in [0.15, 0.2) is 35.2 Å². The van der Waals surface area contributed by atoms with Crippen molar-refractivity contribution in [1.82, 2.24) is 0 Å². The average molecular weight is 228 g/mol. The van der Waals surface area contributed by atoms with Crippen molar-refractivity contribution in [3.8, 4) is 0 Å². The van der Waals surface area contributed by atoms with Crippen LogP contribution in [0.25, 0.3) is 0 Å². The van der Waals surface area contributed by atoms with Crippen molar-refractivity contribution >= 4 is 15.8 Å². The second kappa shape index (κ2) is 4.93. The first kappa shape index (κ1) is 11.7. The van der Waals surface area contributed by atoms with E-state index >= 15 is 0 Å². The van der Waals surface area contributed by atoms with E-state index in [0.29, 0.717) is 0 Å². The molecule has 0 N–H and O–H groups in total. The van der Waals surface area contributed by atoms with E-state index in [0.717, 1.165) is 0 Å². The molecule has 82 valence electrons. The SMILES string of the molecule is CC(=O)OCCS(=O)(=O)c1ccccc1. The van der Waals surface area contributed by atoms with Gasteiger partial charge in [0, 0.05) is 6.92 Å². The number of carbonyl (C=O) groups is 1. The smallest absolute Gasteiger partial charge is 0.302 e. The third-order valence-corrected chi connectivity index (χ3v) is 3.45. The maximum absolute atomic E-state index is 11.6. The van der Waals surface area contributed by atoms with Gasteiger partial charge in [-0.05, 0) is 12.1 Å². The van der Waals surface area contributed by atoms with Crippen LogP contribution in [0.1, 0.15) is 6.92 Å². The summed E-state index contributed by atoms with van der Waals surface area (Å²) in [7, 11) is -3.33. The fourth-order valence-electron chi connectivity index (χ4n) is 1.04. The molecule has 0 aliphatic carbocycles. The molecule has 0 aliphatic heterocycles. The Morgan fingerprint density at radius 2 is 1.87 bits per heavy atom. The van der Waals surface area contributed by atoms with Crippen LogP contribution in [0.2, 0.25) is 0 Å². The van der Waals surface area contributed by atoms with E-state index in [2.05, 4.69) is 4.74 Å². The molecule has 0 aromatic heterocycles. The molecule has 0 heterocycles. The molecule has 5 heteroatoms. The van der Waals surface area contributed by atoms with Gasteiger partial charge in [0.2, 0.25) is 0 Å². The first-order chi connectivity index (χ1) is 7.02. The minimum Gasteiger partial charge on any atom is -0.465 e. The normalized spacial score (nSPS) is 11.0. The van der Waals surface area contributed by atoms with E-state index in [4.69, 9.17) is 0 Å². The molecule has 1 rings (SSSR count). The van der Waals surface area contributed by atoms with Crippen molar-refractivity contribution in [3.63, 3.8) is 0 Å². The Kier molecular flexibility index (Phi) is 3.85. The summed E-state index contributed by atoms with van der Waals surface area (Å²) >= 11 is 0. The van der Waals surface area contributed by atoms with Gasteiger partial charge in [-0.25, -0.2) is 8.42 Å². The summed E-state index contributed by atoms with van der Waals surface area (Å²) in [6, 6.07) is 8.08. The number of ether oxygens (including phenoxy) is 1. The van der Waals surface area contributed by atoms with Gasteiger partial charge in [-0.1, -0.05) is 18.2 Å². The molecule has 0 spiro atoms. The van der Waals surface area contributed by atoms with E-state index < -0.39 is 15.8 Å². The summed E-state index contributed by atoms with van der Waals surface area (Å²) in [5.74, 6) is -0.658. The number of benzene rings is 1. The summed E-state index contributed by atoms with van der Waals surface area (Å²) in [6.45, 7) is 1.14. The van der Waals surface area contributed by atoms with Crippen molar-refractivity contribution in [2.45, 2.75) is 11.8 Å². The first-order valence-electron chi connectivity index (χ1n) is 4.43. The molecule has 0 fully saturated rings. The van der Waals surface area contributed by atoms with Crippen LogP contribution in [-0.4, -0.2) is 26.7 Å². The zero-order valence-electron chi connectivity index (χ0n) is 8.34. The van der Waals surface area contributed by atoms with E-state index in [1.165, 1.54) is 19.1 Å². The van der Waals surface area contributed by atoms with Crippen molar-refractivity contribution in [2.75, 3.05) is 12.4 Å². The summed E-state index contributed by atoms with van der Waals surface area (Å²) in [4.78, 5) is 10.7. The van der Waals surface area contributed by atoms with Crippen LogP contribution in [0.4, 0.5) is 0 Å². The number of sulfone groups is 1. The Bertz CT molecular complexity index is 422. The molecule has 1 aromatic carbocycles. The molecule has 0 aliphatic rings. The second-order valence-electron chi connectivity index (χ2n) is 2.97. The zero-order chi connectivity index (χ0) is 11.3. The molecule has 15 heavy (non-hydrogen) atoms. The van der Waals surface area contributed by atoms with Crippen LogP contribution in [0.5, 0.6) is 0 Å². The fourth-order valence-corrected chi connectivity index (χ4v) is 2.15. The molecule has 0 atom stereocenters. The molecular formula is C10H12O4S. The largest absolute Gasteiger partial charge is 0.465 e. The third kappa shape index (κ3) is 3.71. The Hall–Kier alpha value is -1.36. The predicted octanol–water partition coefficient (Wildman–Crippen LogP) is 1.02. The number of carbonyl (C=O) groups excluding carboxylic acids is 1. The van der Waals surface area contributed by atoms with Gasteiger partial charge in [-0.15, -0.1) is 0 Å². The van der Waals surface area contributed by atoms with Crippen molar-refractivity contribution in [3.05, 3.63) is 30.3 Å². The van der Waals surface area contributed by atoms with Gasteiger partial charge in [0.15, 0.2) is 9.84 Å². The molecule has 4 nitrogen and oxygen atoms in total. The van der Waals surface area contributed by atoms with Crippen molar-refractivity contribution in [2.24, 2.45) is 0 Å². The van der Waals surface area contributed by atoms with Gasteiger partial charge in [0.1, 0.15) is 6.61 Å². The van der Waals surface area contributed by atoms with Gasteiger partial charge in [0.25, 0.3) is 0 Å². The third-order valence-electron chi connectivity index (χ3n) is 1.76. The Balaban J connectivity index is 2.65. The van der Waals surface area contributed by atoms with Crippen LogP contribution < -0.4 is 0 Å². The van der Waals surface area contributed by atoms with Gasteiger partial charge >= 0.3 is 5.97 Å². The van der Waals surface area contributed by atoms with Gasteiger partial charge < -0.3 is 4.74 Å². The molecule has 1 aromatic rings. The number of rotatable bonds is 4. The molecule has 0 amide bonds. The molecule has 0 unspecified atom stereocenters. The Morgan fingerprint density at radius 3 is 2.40 bits per heavy atom. The highest BCUT2D eigenvalue weighted by Crippen LogP contribution is 2.09. The number of hydrogen-bond acceptors (Lipinski definition) is 4. The zero-order valence-corrected chi connectivity index (χ0v) is 9.16. The highest BCUT2D eigenvalue weighted by Gasteiger charge is 2.13. The summed E-state index contributed by atoms with van der Waals surface area (Å²) < 4.78 is 27.8. The Labute approximate surface area is 88.8 Å². The lowest BCUT2D eigenvalue weighted by Gasteiger charge is -2.04. The molecule has 0 radical (unpaired) electrons. The van der Waals surface area contributed by atoms with Gasteiger partial charge in [-0.2, -0.15) is 0 Å². The molecular weight excluding hydrogens is 216 g/mol. The van der Waals surface area contributed by atoms with Crippen molar-refractivity contribution in [1.29, 1.82) is 0 Å². The quantitative estimate of drug-likeness (QED) is 0.722. The lowest BCUT2D eigenvalue weighted by Crippen LogP contribution is -2.14. The van der Waals surface area contributed by atoms with Crippen molar-refractivity contribution < 1.29 is 17.9 Å². The van der Waals surface area contributed by atoms with Crippen LogP contribution >= 0.6 is 0 Å². The highest BCUT2D eigenvalue weighted by atomic mass is 32.2. The lowest BCUT2D eigenvalue weighted by molar-refractivity contribution is -0.140. The lowest BCUT2D eigenvalue weighted by atomic mass is 10.4. The maximum atomic E-state index is 11.6. The van der Waals surface area contributed by atoms with Crippen LogP contribution in [0, 0.1) is 0 Å². The standard InChI is InChI=1S/C10H12O4S/c1-9(11)14-7-8-15(12,13)10-5-3-2-4-6-10/h2-6H,7-8H2,1H3. The van der Waals surface area contributed by atoms with E-state index in [-0.39, 0.29) is 17.3 Å². The fraction of sp³-hybridized carbons (Fsp3) is 0.300. The van der Waals surface area contributed by atoms with Gasteiger partial charge in [-0.3, -0.25) is 4.79 Å². The average Bonchev–Trinajstić information content (AvgIpc) is 2.18. The minimum atomic E-state index is -3.33. The maximum Gasteiger partial charge on any atom is 0.302 e. The summed E-state index contributed by atoms with van der Waals surface area (Å²) in [5.41, 5.74) is 0. The van der Waals surface area contributed by atoms with E-state index in [9.17, 15) is 13.2 Å². The Morgan fingerprint density at radius 1 is 1.27 bits per heavy atom. The van der Waals surface area contributed by atoms with E-state index in [1.807, 2.05) is 0 Å². The number of hydrogen-bond donors (Lipinski definition) is 0.